The molecule has 0 aromatic carbocycles. The Labute approximate surface area is 95.7 Å². The third-order valence-electron chi connectivity index (χ3n) is 2.58. The van der Waals surface area contributed by atoms with Gasteiger partial charge in [0.05, 0.1) is 0 Å². The summed E-state index contributed by atoms with van der Waals surface area (Å²) in [6, 6.07) is 0. The molecule has 0 aliphatic carbocycles. The van der Waals surface area contributed by atoms with Gasteiger partial charge in [-0.25, -0.2) is 0 Å². The van der Waals surface area contributed by atoms with Crippen molar-refractivity contribution in [3.63, 3.8) is 0 Å². The molecule has 0 aromatic rings. The van der Waals surface area contributed by atoms with Crippen LogP contribution in [0.3, 0.4) is 0 Å². The van der Waals surface area contributed by atoms with Crippen molar-refractivity contribution in [2.75, 3.05) is 0 Å². The molecule has 1 nitrogen and oxygen atoms in total. The number of hydrogen-bond acceptors (Lipinski definition) is 1. The summed E-state index contributed by atoms with van der Waals surface area (Å²) in [5, 5.41) is 3.32. The molecule has 0 atom stereocenters. The summed E-state index contributed by atoms with van der Waals surface area (Å²) in [6.07, 6.45) is 8.39. The van der Waals surface area contributed by atoms with E-state index >= 15 is 0 Å². The van der Waals surface area contributed by atoms with Crippen molar-refractivity contribution < 1.29 is 0 Å². The van der Waals surface area contributed by atoms with E-state index < -0.39 is 0 Å². The van der Waals surface area contributed by atoms with Gasteiger partial charge in [-0.2, -0.15) is 0 Å². The lowest BCUT2D eigenvalue weighted by Gasteiger charge is -2.11. The molecule has 0 amide bonds. The molecule has 0 radical (unpaired) electrons. The number of nitrogens with one attached hydrogen (secondary N) is 1. The van der Waals surface area contributed by atoms with Gasteiger partial charge in [0.25, 0.3) is 0 Å². The minimum absolute atomic E-state index is 0.510. The molecular weight excluding hydrogens is 182 g/mol. The minimum atomic E-state index is 0.510. The molecule has 0 rings (SSSR count). The second-order valence-corrected chi connectivity index (χ2v) is 4.48. The Morgan fingerprint density at radius 3 is 2.33 bits per heavy atom. The predicted octanol–water partition coefficient (Wildman–Crippen LogP) is 4.62. The summed E-state index contributed by atoms with van der Waals surface area (Å²) in [7, 11) is 0. The van der Waals surface area contributed by atoms with Crippen LogP contribution in [0.5, 0.6) is 0 Å². The Bertz CT molecular complexity index is 201. The van der Waals surface area contributed by atoms with E-state index in [0.29, 0.717) is 5.92 Å². The van der Waals surface area contributed by atoms with E-state index in [-0.39, 0.29) is 0 Å². The van der Waals surface area contributed by atoms with Crippen molar-refractivity contribution in [3.05, 3.63) is 24.0 Å². The molecule has 88 valence electrons. The molecule has 0 saturated carbocycles. The highest BCUT2D eigenvalue weighted by Gasteiger charge is 1.99. The maximum atomic E-state index is 4.01. The van der Waals surface area contributed by atoms with Crippen molar-refractivity contribution >= 4 is 0 Å². The van der Waals surface area contributed by atoms with Gasteiger partial charge >= 0.3 is 0 Å². The number of hydrogen-bond donors (Lipinski definition) is 1. The van der Waals surface area contributed by atoms with Crippen LogP contribution in [-0.2, 0) is 0 Å². The fourth-order valence-corrected chi connectivity index (χ4v) is 1.36. The predicted molar refractivity (Wildman–Crippen MR) is 69.6 cm³/mol. The molecule has 0 spiro atoms. The van der Waals surface area contributed by atoms with Crippen molar-refractivity contribution in [1.29, 1.82) is 0 Å². The first-order valence-electron chi connectivity index (χ1n) is 6.25. The van der Waals surface area contributed by atoms with E-state index in [1.54, 1.807) is 0 Å². The highest BCUT2D eigenvalue weighted by molar-refractivity contribution is 5.07. The average molecular weight is 209 g/mol. The molecule has 0 fully saturated rings. The van der Waals surface area contributed by atoms with Crippen molar-refractivity contribution in [3.8, 4) is 0 Å². The van der Waals surface area contributed by atoms with Crippen LogP contribution in [0.2, 0.25) is 0 Å². The van der Waals surface area contributed by atoms with Crippen LogP contribution in [0.25, 0.3) is 0 Å². The SMILES string of the molecule is C=C(N/C=C(/CCC)CCCC)C(C)C. The monoisotopic (exact) mass is 209 g/mol. The molecule has 0 heterocycles. The van der Waals surface area contributed by atoms with Gasteiger partial charge in [0.2, 0.25) is 0 Å². The Morgan fingerprint density at radius 2 is 1.87 bits per heavy atom. The average Bonchev–Trinajstić information content (AvgIpc) is 2.21. The molecular formula is C14H27N. The van der Waals surface area contributed by atoms with Gasteiger partial charge in [-0.1, -0.05) is 52.7 Å². The van der Waals surface area contributed by atoms with Crippen LogP contribution in [0.4, 0.5) is 0 Å². The molecule has 0 saturated heterocycles. The lowest BCUT2D eigenvalue weighted by atomic mass is 10.1. The number of allylic oxidation sites excluding steroid dienone is 2. The molecule has 1 heteroatoms. The van der Waals surface area contributed by atoms with E-state index in [1.807, 2.05) is 0 Å². The highest BCUT2D eigenvalue weighted by atomic mass is 14.9. The van der Waals surface area contributed by atoms with Gasteiger partial charge in [0.15, 0.2) is 0 Å². The van der Waals surface area contributed by atoms with Gasteiger partial charge in [0.1, 0.15) is 0 Å². The summed E-state index contributed by atoms with van der Waals surface area (Å²) in [5.41, 5.74) is 2.64. The fourth-order valence-electron chi connectivity index (χ4n) is 1.36. The summed E-state index contributed by atoms with van der Waals surface area (Å²) in [6.45, 7) is 12.8. The summed E-state index contributed by atoms with van der Waals surface area (Å²) < 4.78 is 0. The van der Waals surface area contributed by atoms with Crippen LogP contribution in [0.15, 0.2) is 24.0 Å². The lowest BCUT2D eigenvalue weighted by Crippen LogP contribution is -2.10. The molecule has 0 bridgehead atoms. The summed E-state index contributed by atoms with van der Waals surface area (Å²) in [5.74, 6) is 0.510. The van der Waals surface area contributed by atoms with Crippen molar-refractivity contribution in [1.82, 2.24) is 5.32 Å². The Hall–Kier alpha value is -0.720. The zero-order chi connectivity index (χ0) is 11.7. The van der Waals surface area contributed by atoms with Gasteiger partial charge in [-0.15, -0.1) is 0 Å². The Balaban J connectivity index is 4.09. The first-order valence-corrected chi connectivity index (χ1v) is 6.25. The quantitative estimate of drug-likeness (QED) is 0.615. The molecule has 0 aliphatic rings. The van der Waals surface area contributed by atoms with E-state index in [1.165, 1.54) is 37.7 Å². The third kappa shape index (κ3) is 7.24. The number of rotatable bonds is 8. The van der Waals surface area contributed by atoms with E-state index in [0.717, 1.165) is 5.70 Å². The molecule has 0 aliphatic heterocycles. The standard InChI is InChI=1S/C14H27N/c1-6-8-10-14(9-7-2)11-15-13(5)12(3)4/h11-12,15H,5-10H2,1-4H3/b14-11-. The van der Waals surface area contributed by atoms with Crippen LogP contribution in [0, 0.1) is 5.92 Å². The number of unbranched alkanes of at least 4 members (excludes halogenated alkanes) is 1. The van der Waals surface area contributed by atoms with Gasteiger partial charge in [0, 0.05) is 5.70 Å². The normalized spacial score (nSPS) is 11.9. The largest absolute Gasteiger partial charge is 0.365 e. The minimum Gasteiger partial charge on any atom is -0.365 e. The Kier molecular flexibility index (Phi) is 8.17. The van der Waals surface area contributed by atoms with Crippen LogP contribution in [-0.4, -0.2) is 0 Å². The van der Waals surface area contributed by atoms with E-state index in [9.17, 15) is 0 Å². The van der Waals surface area contributed by atoms with Crippen molar-refractivity contribution in [2.45, 2.75) is 59.8 Å². The fraction of sp³-hybridized carbons (Fsp3) is 0.714. The first-order chi connectivity index (χ1) is 7.11. The second kappa shape index (κ2) is 8.58. The lowest BCUT2D eigenvalue weighted by molar-refractivity contribution is 0.700. The van der Waals surface area contributed by atoms with Gasteiger partial charge < -0.3 is 5.32 Å². The molecule has 15 heavy (non-hydrogen) atoms. The zero-order valence-corrected chi connectivity index (χ0v) is 10.9. The topological polar surface area (TPSA) is 12.0 Å². The Morgan fingerprint density at radius 1 is 1.20 bits per heavy atom. The van der Waals surface area contributed by atoms with Crippen molar-refractivity contribution in [2.24, 2.45) is 5.92 Å². The van der Waals surface area contributed by atoms with Crippen LogP contribution >= 0.6 is 0 Å². The molecule has 0 unspecified atom stereocenters. The maximum absolute atomic E-state index is 4.01. The first kappa shape index (κ1) is 14.3. The summed E-state index contributed by atoms with van der Waals surface area (Å²) >= 11 is 0. The van der Waals surface area contributed by atoms with Gasteiger partial charge in [-0.3, -0.25) is 0 Å². The summed E-state index contributed by atoms with van der Waals surface area (Å²) in [4.78, 5) is 0. The second-order valence-electron chi connectivity index (χ2n) is 4.48. The molecule has 0 aromatic heterocycles. The third-order valence-corrected chi connectivity index (χ3v) is 2.58. The highest BCUT2D eigenvalue weighted by Crippen LogP contribution is 2.13. The van der Waals surface area contributed by atoms with E-state index in [2.05, 4.69) is 45.8 Å². The maximum Gasteiger partial charge on any atom is 0.00992 e. The van der Waals surface area contributed by atoms with Crippen LogP contribution in [0.1, 0.15) is 59.8 Å². The van der Waals surface area contributed by atoms with E-state index in [4.69, 9.17) is 0 Å². The smallest absolute Gasteiger partial charge is 0.00992 e. The van der Waals surface area contributed by atoms with Crippen LogP contribution < -0.4 is 5.32 Å². The molecule has 1 N–H and O–H groups in total. The van der Waals surface area contributed by atoms with Gasteiger partial charge in [-0.05, 0) is 31.4 Å². The zero-order valence-electron chi connectivity index (χ0n) is 10.9.